The molecule has 0 radical (unpaired) electrons. The number of amides is 1. The van der Waals surface area contributed by atoms with Gasteiger partial charge in [-0.25, -0.2) is 0 Å². The highest BCUT2D eigenvalue weighted by molar-refractivity contribution is 5.79. The van der Waals surface area contributed by atoms with Crippen LogP contribution in [0, 0.1) is 0 Å². The first kappa shape index (κ1) is 11.1. The van der Waals surface area contributed by atoms with E-state index in [0.29, 0.717) is 6.54 Å². The van der Waals surface area contributed by atoms with Crippen LogP contribution in [0.15, 0.2) is 30.3 Å². The molecule has 1 saturated heterocycles. The van der Waals surface area contributed by atoms with Crippen molar-refractivity contribution in [2.75, 3.05) is 13.1 Å². The summed E-state index contributed by atoms with van der Waals surface area (Å²) in [6.07, 6.45) is -1.10. The fourth-order valence-electron chi connectivity index (χ4n) is 1.92. The van der Waals surface area contributed by atoms with Crippen molar-refractivity contribution in [1.29, 1.82) is 0 Å². The largest absolute Gasteiger partial charge is 0.391 e. The second-order valence-corrected chi connectivity index (χ2v) is 4.08. The van der Waals surface area contributed by atoms with Gasteiger partial charge in [-0.1, -0.05) is 30.3 Å². The van der Waals surface area contributed by atoms with Crippen LogP contribution in [0.1, 0.15) is 18.1 Å². The van der Waals surface area contributed by atoms with E-state index in [1.54, 1.807) is 0 Å². The van der Waals surface area contributed by atoms with Gasteiger partial charge in [0.15, 0.2) is 0 Å². The van der Waals surface area contributed by atoms with Crippen LogP contribution >= 0.6 is 0 Å². The number of carbonyl (C=O) groups is 1. The summed E-state index contributed by atoms with van der Waals surface area (Å²) < 4.78 is 0. The molecule has 0 aliphatic carbocycles. The molecule has 1 fully saturated rings. The van der Waals surface area contributed by atoms with Crippen LogP contribution < -0.4 is 0 Å². The van der Waals surface area contributed by atoms with Crippen molar-refractivity contribution in [3.05, 3.63) is 35.9 Å². The SMILES string of the molecule is O=C1CC(O)CN1C[C@@H](O)c1ccccc1. The molecule has 86 valence electrons. The summed E-state index contributed by atoms with van der Waals surface area (Å²) in [6, 6.07) is 9.21. The first-order chi connectivity index (χ1) is 7.66. The molecule has 4 heteroatoms. The Hall–Kier alpha value is -1.39. The van der Waals surface area contributed by atoms with E-state index >= 15 is 0 Å². The van der Waals surface area contributed by atoms with Crippen LogP contribution in [0.4, 0.5) is 0 Å². The standard InChI is InChI=1S/C12H15NO3/c14-10-6-12(16)13(7-10)8-11(15)9-4-2-1-3-5-9/h1-5,10-11,14-15H,6-8H2/t10?,11-/m1/s1. The molecule has 1 heterocycles. The number of hydrogen-bond donors (Lipinski definition) is 2. The molecular weight excluding hydrogens is 206 g/mol. The Morgan fingerprint density at radius 2 is 2.06 bits per heavy atom. The summed E-state index contributed by atoms with van der Waals surface area (Å²) in [6.45, 7) is 0.572. The molecule has 2 N–H and O–H groups in total. The minimum Gasteiger partial charge on any atom is -0.391 e. The second-order valence-electron chi connectivity index (χ2n) is 4.08. The van der Waals surface area contributed by atoms with E-state index in [0.717, 1.165) is 5.56 Å². The number of hydrogen-bond acceptors (Lipinski definition) is 3. The molecule has 4 nitrogen and oxygen atoms in total. The van der Waals surface area contributed by atoms with Crippen LogP contribution in [0.5, 0.6) is 0 Å². The quantitative estimate of drug-likeness (QED) is 0.772. The first-order valence-corrected chi connectivity index (χ1v) is 5.35. The molecule has 1 aliphatic heterocycles. The van der Waals surface area contributed by atoms with E-state index in [2.05, 4.69) is 0 Å². The Morgan fingerprint density at radius 3 is 2.62 bits per heavy atom. The average Bonchev–Trinajstić information content (AvgIpc) is 2.59. The second kappa shape index (κ2) is 4.63. The van der Waals surface area contributed by atoms with Crippen molar-refractivity contribution in [2.24, 2.45) is 0 Å². The summed E-state index contributed by atoms with van der Waals surface area (Å²) in [4.78, 5) is 12.9. The average molecular weight is 221 g/mol. The van der Waals surface area contributed by atoms with Crippen molar-refractivity contribution in [3.63, 3.8) is 0 Å². The third-order valence-electron chi connectivity index (χ3n) is 2.77. The predicted molar refractivity (Wildman–Crippen MR) is 58.6 cm³/mol. The molecule has 2 rings (SSSR count). The maximum Gasteiger partial charge on any atom is 0.225 e. The molecule has 0 saturated carbocycles. The van der Waals surface area contributed by atoms with Crippen molar-refractivity contribution >= 4 is 5.91 Å². The number of aliphatic hydroxyl groups excluding tert-OH is 2. The van der Waals surface area contributed by atoms with Gasteiger partial charge in [-0.2, -0.15) is 0 Å². The highest BCUT2D eigenvalue weighted by Gasteiger charge is 2.29. The van der Waals surface area contributed by atoms with Crippen LogP contribution in [-0.4, -0.2) is 40.2 Å². The number of rotatable bonds is 3. The van der Waals surface area contributed by atoms with Gasteiger partial charge in [0.2, 0.25) is 5.91 Å². The van der Waals surface area contributed by atoms with Crippen molar-refractivity contribution in [1.82, 2.24) is 4.90 Å². The zero-order chi connectivity index (χ0) is 11.5. The monoisotopic (exact) mass is 221 g/mol. The number of aliphatic hydroxyl groups is 2. The normalized spacial score (nSPS) is 22.5. The molecule has 1 unspecified atom stereocenters. The summed E-state index contributed by atoms with van der Waals surface area (Å²) >= 11 is 0. The lowest BCUT2D eigenvalue weighted by molar-refractivity contribution is -0.129. The fraction of sp³-hybridized carbons (Fsp3) is 0.417. The third kappa shape index (κ3) is 2.40. The van der Waals surface area contributed by atoms with Crippen molar-refractivity contribution in [2.45, 2.75) is 18.6 Å². The van der Waals surface area contributed by atoms with Crippen molar-refractivity contribution < 1.29 is 15.0 Å². The Morgan fingerprint density at radius 1 is 1.38 bits per heavy atom. The molecule has 2 atom stereocenters. The summed E-state index contributed by atoms with van der Waals surface area (Å²) in [5.74, 6) is -0.0949. The number of carbonyl (C=O) groups excluding carboxylic acids is 1. The van der Waals surface area contributed by atoms with E-state index < -0.39 is 12.2 Å². The van der Waals surface area contributed by atoms with Gasteiger partial charge in [0.1, 0.15) is 0 Å². The number of β-amino-alcohol motifs (C(OH)–C–C–N with tert-alkyl or cyclic N) is 2. The van der Waals surface area contributed by atoms with Gasteiger partial charge >= 0.3 is 0 Å². The lowest BCUT2D eigenvalue weighted by Crippen LogP contribution is -2.30. The van der Waals surface area contributed by atoms with Gasteiger partial charge in [-0.15, -0.1) is 0 Å². The highest BCUT2D eigenvalue weighted by Crippen LogP contribution is 2.18. The maximum absolute atomic E-state index is 11.4. The minimum atomic E-state index is -0.685. The van der Waals surface area contributed by atoms with E-state index in [1.807, 2.05) is 30.3 Å². The molecule has 0 bridgehead atoms. The minimum absolute atomic E-state index is 0.0949. The van der Waals surface area contributed by atoms with Gasteiger partial charge in [0.25, 0.3) is 0 Å². The molecule has 1 aromatic carbocycles. The van der Waals surface area contributed by atoms with Crippen LogP contribution in [0.2, 0.25) is 0 Å². The maximum atomic E-state index is 11.4. The lowest BCUT2D eigenvalue weighted by Gasteiger charge is -2.20. The van der Waals surface area contributed by atoms with Crippen LogP contribution in [0.3, 0.4) is 0 Å². The Kier molecular flexibility index (Phi) is 3.22. The van der Waals surface area contributed by atoms with Gasteiger partial charge in [-0.05, 0) is 5.56 Å². The third-order valence-corrected chi connectivity index (χ3v) is 2.77. The van der Waals surface area contributed by atoms with E-state index in [1.165, 1.54) is 4.90 Å². The summed E-state index contributed by atoms with van der Waals surface area (Å²) in [5, 5.41) is 19.2. The zero-order valence-electron chi connectivity index (χ0n) is 8.91. The fourth-order valence-corrected chi connectivity index (χ4v) is 1.92. The van der Waals surface area contributed by atoms with E-state index in [9.17, 15) is 15.0 Å². The molecule has 1 aliphatic rings. The van der Waals surface area contributed by atoms with Gasteiger partial charge in [0.05, 0.1) is 25.2 Å². The van der Waals surface area contributed by atoms with Crippen LogP contribution in [0.25, 0.3) is 0 Å². The first-order valence-electron chi connectivity index (χ1n) is 5.35. The number of nitrogens with zero attached hydrogens (tertiary/aromatic N) is 1. The van der Waals surface area contributed by atoms with Gasteiger partial charge in [-0.3, -0.25) is 4.79 Å². The molecule has 16 heavy (non-hydrogen) atoms. The Labute approximate surface area is 94.1 Å². The molecule has 0 spiro atoms. The van der Waals surface area contributed by atoms with E-state index in [4.69, 9.17) is 0 Å². The topological polar surface area (TPSA) is 60.8 Å². The van der Waals surface area contributed by atoms with E-state index in [-0.39, 0.29) is 18.9 Å². The highest BCUT2D eigenvalue weighted by atomic mass is 16.3. The number of likely N-dealkylation sites (tertiary alicyclic amines) is 1. The molecule has 1 amide bonds. The Balaban J connectivity index is 1.98. The lowest BCUT2D eigenvalue weighted by atomic mass is 10.1. The van der Waals surface area contributed by atoms with Gasteiger partial charge < -0.3 is 15.1 Å². The summed E-state index contributed by atoms with van der Waals surface area (Å²) in [7, 11) is 0. The number of benzene rings is 1. The predicted octanol–water partition coefficient (Wildman–Crippen LogP) is 0.313. The smallest absolute Gasteiger partial charge is 0.225 e. The molecular formula is C12H15NO3. The summed E-state index contributed by atoms with van der Waals surface area (Å²) in [5.41, 5.74) is 0.789. The van der Waals surface area contributed by atoms with Gasteiger partial charge in [0, 0.05) is 6.54 Å². The Bertz CT molecular complexity index is 366. The molecule has 0 aromatic heterocycles. The molecule has 1 aromatic rings. The van der Waals surface area contributed by atoms with Crippen molar-refractivity contribution in [3.8, 4) is 0 Å². The van der Waals surface area contributed by atoms with Crippen LogP contribution in [-0.2, 0) is 4.79 Å². The zero-order valence-corrected chi connectivity index (χ0v) is 8.91.